The van der Waals surface area contributed by atoms with Gasteiger partial charge in [-0.2, -0.15) is 0 Å². The summed E-state index contributed by atoms with van der Waals surface area (Å²) in [7, 11) is 0. The standard InChI is InChI=1S/C16H23ClF2N2O2/c1-3-8-21(11-15(18)19)16(22)20-7-4-9-23-14-6-5-13(17)10-12(14)2/h5-6,10,15H,3-4,7-9,11H2,1-2H3,(H,20,22). The molecule has 4 nitrogen and oxygen atoms in total. The summed E-state index contributed by atoms with van der Waals surface area (Å²) >= 11 is 5.87. The maximum atomic E-state index is 12.4. The number of carbonyl (C=O) groups is 1. The topological polar surface area (TPSA) is 41.6 Å². The molecule has 1 N–H and O–H groups in total. The molecule has 130 valence electrons. The van der Waals surface area contributed by atoms with Crippen molar-refractivity contribution in [3.63, 3.8) is 0 Å². The van der Waals surface area contributed by atoms with Crippen LogP contribution in [0.2, 0.25) is 5.02 Å². The predicted octanol–water partition coefficient (Wildman–Crippen LogP) is 4.10. The highest BCUT2D eigenvalue weighted by Gasteiger charge is 2.16. The van der Waals surface area contributed by atoms with Gasteiger partial charge in [-0.1, -0.05) is 18.5 Å². The van der Waals surface area contributed by atoms with Crippen LogP contribution < -0.4 is 10.1 Å². The maximum Gasteiger partial charge on any atom is 0.317 e. The van der Waals surface area contributed by atoms with E-state index < -0.39 is 19.0 Å². The molecule has 1 aromatic carbocycles. The minimum Gasteiger partial charge on any atom is -0.493 e. The molecule has 1 rings (SSSR count). The summed E-state index contributed by atoms with van der Waals surface area (Å²) in [5.41, 5.74) is 0.938. The number of amides is 2. The zero-order chi connectivity index (χ0) is 17.2. The second kappa shape index (κ2) is 10.3. The van der Waals surface area contributed by atoms with Gasteiger partial charge in [0.15, 0.2) is 0 Å². The smallest absolute Gasteiger partial charge is 0.317 e. The third-order valence-electron chi connectivity index (χ3n) is 3.13. The first-order valence-electron chi connectivity index (χ1n) is 7.64. The Hall–Kier alpha value is -1.56. The molecular formula is C16H23ClF2N2O2. The van der Waals surface area contributed by atoms with E-state index in [-0.39, 0.29) is 0 Å². The number of nitrogens with one attached hydrogen (secondary N) is 1. The quantitative estimate of drug-likeness (QED) is 0.682. The Morgan fingerprint density at radius 2 is 2.17 bits per heavy atom. The third-order valence-corrected chi connectivity index (χ3v) is 3.37. The molecule has 0 saturated carbocycles. The molecule has 2 amide bonds. The zero-order valence-corrected chi connectivity index (χ0v) is 14.2. The van der Waals surface area contributed by atoms with Crippen molar-refractivity contribution in [2.75, 3.05) is 26.2 Å². The lowest BCUT2D eigenvalue weighted by Gasteiger charge is -2.22. The lowest BCUT2D eigenvalue weighted by atomic mass is 10.2. The van der Waals surface area contributed by atoms with E-state index in [9.17, 15) is 13.6 Å². The monoisotopic (exact) mass is 348 g/mol. The molecular weight excluding hydrogens is 326 g/mol. The largest absolute Gasteiger partial charge is 0.493 e. The summed E-state index contributed by atoms with van der Waals surface area (Å²) in [5, 5.41) is 3.29. The van der Waals surface area contributed by atoms with Gasteiger partial charge < -0.3 is 15.0 Å². The molecule has 0 aliphatic heterocycles. The maximum absolute atomic E-state index is 12.4. The van der Waals surface area contributed by atoms with Crippen LogP contribution in [0, 0.1) is 6.92 Å². The fourth-order valence-corrected chi connectivity index (χ4v) is 2.28. The SMILES string of the molecule is CCCN(CC(F)F)C(=O)NCCCOc1ccc(Cl)cc1C. The Morgan fingerprint density at radius 3 is 2.78 bits per heavy atom. The van der Waals surface area contributed by atoms with Crippen LogP contribution in [0.4, 0.5) is 13.6 Å². The van der Waals surface area contributed by atoms with E-state index in [1.807, 2.05) is 19.9 Å². The highest BCUT2D eigenvalue weighted by atomic mass is 35.5. The van der Waals surface area contributed by atoms with Crippen LogP contribution >= 0.6 is 11.6 Å². The van der Waals surface area contributed by atoms with Crippen molar-refractivity contribution in [3.05, 3.63) is 28.8 Å². The summed E-state index contributed by atoms with van der Waals surface area (Å²) in [6.45, 7) is 4.31. The Bertz CT molecular complexity index is 501. The molecule has 0 aliphatic rings. The van der Waals surface area contributed by atoms with Gasteiger partial charge in [0.2, 0.25) is 0 Å². The van der Waals surface area contributed by atoms with Gasteiger partial charge in [-0.15, -0.1) is 0 Å². The minimum atomic E-state index is -2.52. The van der Waals surface area contributed by atoms with Gasteiger partial charge in [0, 0.05) is 18.1 Å². The van der Waals surface area contributed by atoms with Gasteiger partial charge in [0.1, 0.15) is 5.75 Å². The molecule has 0 saturated heterocycles. The molecule has 0 fully saturated rings. The molecule has 7 heteroatoms. The van der Waals surface area contributed by atoms with E-state index in [1.165, 1.54) is 0 Å². The number of hydrogen-bond donors (Lipinski definition) is 1. The van der Waals surface area contributed by atoms with Gasteiger partial charge in [-0.3, -0.25) is 0 Å². The van der Waals surface area contributed by atoms with E-state index in [0.29, 0.717) is 37.6 Å². The first-order chi connectivity index (χ1) is 10.9. The Labute approximate surface area is 140 Å². The Morgan fingerprint density at radius 1 is 1.43 bits per heavy atom. The first kappa shape index (κ1) is 19.5. The number of alkyl halides is 2. The molecule has 0 atom stereocenters. The van der Waals surface area contributed by atoms with Crippen molar-refractivity contribution in [1.29, 1.82) is 0 Å². The molecule has 23 heavy (non-hydrogen) atoms. The average Bonchev–Trinajstić information content (AvgIpc) is 2.47. The van der Waals surface area contributed by atoms with E-state index in [0.717, 1.165) is 16.2 Å². The average molecular weight is 349 g/mol. The van der Waals surface area contributed by atoms with Crippen LogP contribution in [-0.2, 0) is 0 Å². The molecule has 1 aromatic rings. The highest BCUT2D eigenvalue weighted by molar-refractivity contribution is 6.30. The van der Waals surface area contributed by atoms with Crippen LogP contribution in [0.3, 0.4) is 0 Å². The highest BCUT2D eigenvalue weighted by Crippen LogP contribution is 2.21. The van der Waals surface area contributed by atoms with Gasteiger partial charge in [0.05, 0.1) is 13.2 Å². The van der Waals surface area contributed by atoms with E-state index in [4.69, 9.17) is 16.3 Å². The number of carbonyl (C=O) groups excluding carboxylic acids is 1. The molecule has 0 heterocycles. The van der Waals surface area contributed by atoms with Gasteiger partial charge in [0.25, 0.3) is 6.43 Å². The van der Waals surface area contributed by atoms with Crippen molar-refractivity contribution >= 4 is 17.6 Å². The number of benzene rings is 1. The van der Waals surface area contributed by atoms with Gasteiger partial charge in [-0.25, -0.2) is 13.6 Å². The Balaban J connectivity index is 2.28. The van der Waals surface area contributed by atoms with E-state index in [1.54, 1.807) is 12.1 Å². The van der Waals surface area contributed by atoms with Crippen LogP contribution in [0.5, 0.6) is 5.75 Å². The molecule has 0 radical (unpaired) electrons. The molecule has 0 bridgehead atoms. The summed E-state index contributed by atoms with van der Waals surface area (Å²) in [6, 6.07) is 4.89. The Kier molecular flexibility index (Phi) is 8.69. The summed E-state index contributed by atoms with van der Waals surface area (Å²) in [6.07, 6.45) is -1.30. The van der Waals surface area contributed by atoms with Crippen LogP contribution in [0.25, 0.3) is 0 Å². The molecule has 0 aliphatic carbocycles. The molecule has 0 unspecified atom stereocenters. The van der Waals surface area contributed by atoms with Crippen molar-refractivity contribution in [3.8, 4) is 5.75 Å². The lowest BCUT2D eigenvalue weighted by molar-refractivity contribution is 0.0982. The molecule has 0 spiro atoms. The number of urea groups is 1. The first-order valence-corrected chi connectivity index (χ1v) is 8.01. The number of ether oxygens (including phenoxy) is 1. The minimum absolute atomic E-state index is 0.316. The van der Waals surface area contributed by atoms with Crippen LogP contribution in [0.15, 0.2) is 18.2 Å². The van der Waals surface area contributed by atoms with E-state index in [2.05, 4.69) is 5.32 Å². The normalized spacial score (nSPS) is 10.7. The number of hydrogen-bond acceptors (Lipinski definition) is 2. The van der Waals surface area contributed by atoms with Crippen molar-refractivity contribution in [2.45, 2.75) is 33.1 Å². The number of aryl methyl sites for hydroxylation is 1. The second-order valence-electron chi connectivity index (χ2n) is 5.18. The summed E-state index contributed by atoms with van der Waals surface area (Å²) in [4.78, 5) is 13.0. The second-order valence-corrected chi connectivity index (χ2v) is 5.62. The van der Waals surface area contributed by atoms with Crippen molar-refractivity contribution in [1.82, 2.24) is 10.2 Å². The fraction of sp³-hybridized carbons (Fsp3) is 0.562. The third kappa shape index (κ3) is 7.50. The number of nitrogens with zero attached hydrogens (tertiary/aromatic N) is 1. The zero-order valence-electron chi connectivity index (χ0n) is 13.4. The van der Waals surface area contributed by atoms with Crippen molar-refractivity contribution < 1.29 is 18.3 Å². The van der Waals surface area contributed by atoms with Gasteiger partial charge in [-0.05, 0) is 43.5 Å². The summed E-state index contributed by atoms with van der Waals surface area (Å²) < 4.78 is 30.4. The van der Waals surface area contributed by atoms with Crippen molar-refractivity contribution in [2.24, 2.45) is 0 Å². The van der Waals surface area contributed by atoms with Gasteiger partial charge >= 0.3 is 6.03 Å². The van der Waals surface area contributed by atoms with E-state index >= 15 is 0 Å². The predicted molar refractivity (Wildman–Crippen MR) is 87.6 cm³/mol. The number of halogens is 3. The number of rotatable bonds is 9. The molecule has 0 aromatic heterocycles. The van der Waals surface area contributed by atoms with Crippen LogP contribution in [0.1, 0.15) is 25.3 Å². The fourth-order valence-electron chi connectivity index (χ4n) is 2.05. The lowest BCUT2D eigenvalue weighted by Crippen LogP contribution is -2.43. The van der Waals surface area contributed by atoms with Crippen LogP contribution in [-0.4, -0.2) is 43.6 Å². The summed E-state index contributed by atoms with van der Waals surface area (Å²) in [5.74, 6) is 0.742.